The lowest BCUT2D eigenvalue weighted by Gasteiger charge is -2.25. The number of pyridine rings is 1. The fourth-order valence-electron chi connectivity index (χ4n) is 2.84. The second kappa shape index (κ2) is 8.95. The van der Waals surface area contributed by atoms with Crippen LogP contribution in [0.4, 0.5) is 0 Å². The van der Waals surface area contributed by atoms with Gasteiger partial charge in [0.2, 0.25) is 0 Å². The second-order valence-corrected chi connectivity index (χ2v) is 5.79. The number of aromatic nitrogens is 4. The number of rotatable bonds is 4. The largest absolute Gasteiger partial charge is 0.356 e. The summed E-state index contributed by atoms with van der Waals surface area (Å²) in [6, 6.07) is 2.40. The van der Waals surface area contributed by atoms with E-state index in [1.807, 2.05) is 17.1 Å². The van der Waals surface area contributed by atoms with Crippen LogP contribution in [-0.4, -0.2) is 45.3 Å². The molecule has 3 rings (SSSR count). The number of aryl methyl sites for hydroxylation is 2. The monoisotopic (exact) mass is 441 g/mol. The Kier molecular flexibility index (Phi) is 6.95. The minimum Gasteiger partial charge on any atom is -0.356 e. The van der Waals surface area contributed by atoms with E-state index >= 15 is 0 Å². The van der Waals surface area contributed by atoms with Gasteiger partial charge in [0.1, 0.15) is 12.2 Å². The van der Waals surface area contributed by atoms with Crippen molar-refractivity contribution < 1.29 is 0 Å². The molecule has 130 valence electrons. The first-order valence-corrected chi connectivity index (χ1v) is 7.99. The van der Waals surface area contributed by atoms with Crippen molar-refractivity contribution in [3.05, 3.63) is 41.7 Å². The zero-order valence-corrected chi connectivity index (χ0v) is 16.4. The molecule has 2 N–H and O–H groups in total. The van der Waals surface area contributed by atoms with Crippen LogP contribution in [-0.2, 0) is 19.4 Å². The quantitative estimate of drug-likeness (QED) is 0.425. The molecular weight excluding hydrogens is 417 g/mol. The third-order valence-corrected chi connectivity index (χ3v) is 4.19. The van der Waals surface area contributed by atoms with E-state index in [9.17, 15) is 0 Å². The maximum absolute atomic E-state index is 4.32. The van der Waals surface area contributed by atoms with Crippen LogP contribution in [0.2, 0.25) is 0 Å². The van der Waals surface area contributed by atoms with E-state index in [2.05, 4.69) is 43.7 Å². The van der Waals surface area contributed by atoms with E-state index < -0.39 is 0 Å². The summed E-state index contributed by atoms with van der Waals surface area (Å²) in [6.45, 7) is 3.76. The van der Waals surface area contributed by atoms with Crippen molar-refractivity contribution in [2.75, 3.05) is 13.6 Å². The molecular formula is C16H24IN7. The lowest BCUT2D eigenvalue weighted by molar-refractivity contribution is 0.393. The van der Waals surface area contributed by atoms with Gasteiger partial charge in [-0.2, -0.15) is 5.10 Å². The van der Waals surface area contributed by atoms with E-state index in [0.29, 0.717) is 6.04 Å². The fraction of sp³-hybridized carbons (Fsp3) is 0.500. The van der Waals surface area contributed by atoms with Crippen molar-refractivity contribution in [2.24, 2.45) is 4.99 Å². The van der Waals surface area contributed by atoms with E-state index in [1.54, 1.807) is 13.4 Å². The molecule has 0 saturated carbocycles. The summed E-state index contributed by atoms with van der Waals surface area (Å²) in [5, 5.41) is 11.1. The molecule has 2 aromatic heterocycles. The van der Waals surface area contributed by atoms with Crippen LogP contribution in [0.25, 0.3) is 0 Å². The molecule has 1 aliphatic rings. The summed E-state index contributed by atoms with van der Waals surface area (Å²) < 4.78 is 1.97. The van der Waals surface area contributed by atoms with Crippen molar-refractivity contribution in [3.63, 3.8) is 0 Å². The molecule has 0 aliphatic carbocycles. The van der Waals surface area contributed by atoms with E-state index in [-0.39, 0.29) is 24.0 Å². The minimum absolute atomic E-state index is 0. The smallest absolute Gasteiger partial charge is 0.191 e. The Morgan fingerprint density at radius 1 is 1.46 bits per heavy atom. The number of fused-ring (bicyclic) bond motifs is 1. The molecule has 0 spiro atoms. The average molecular weight is 441 g/mol. The van der Waals surface area contributed by atoms with Crippen LogP contribution in [0.1, 0.15) is 23.4 Å². The van der Waals surface area contributed by atoms with Crippen LogP contribution in [0.15, 0.2) is 29.8 Å². The lowest BCUT2D eigenvalue weighted by atomic mass is 10.1. The Bertz CT molecular complexity index is 683. The van der Waals surface area contributed by atoms with Gasteiger partial charge in [0.25, 0.3) is 0 Å². The van der Waals surface area contributed by atoms with Gasteiger partial charge in [-0.15, -0.1) is 24.0 Å². The SMILES string of the molecule is CN=C(NCCc1ccncc1C)NC1CCc2ncnn2C1.I. The first-order chi connectivity index (χ1) is 11.3. The second-order valence-electron chi connectivity index (χ2n) is 5.79. The van der Waals surface area contributed by atoms with Gasteiger partial charge >= 0.3 is 0 Å². The van der Waals surface area contributed by atoms with Gasteiger partial charge in [-0.1, -0.05) is 0 Å². The van der Waals surface area contributed by atoms with Gasteiger partial charge < -0.3 is 10.6 Å². The van der Waals surface area contributed by atoms with Gasteiger partial charge in [0.15, 0.2) is 5.96 Å². The van der Waals surface area contributed by atoms with Crippen molar-refractivity contribution >= 4 is 29.9 Å². The Morgan fingerprint density at radius 3 is 3.12 bits per heavy atom. The summed E-state index contributed by atoms with van der Waals surface area (Å²) in [5.41, 5.74) is 2.54. The van der Waals surface area contributed by atoms with Crippen molar-refractivity contribution in [1.82, 2.24) is 30.4 Å². The predicted molar refractivity (Wildman–Crippen MR) is 105 cm³/mol. The van der Waals surface area contributed by atoms with Crippen LogP contribution in [0, 0.1) is 6.92 Å². The normalized spacial score (nSPS) is 16.9. The fourth-order valence-corrected chi connectivity index (χ4v) is 2.84. The average Bonchev–Trinajstić information content (AvgIpc) is 3.03. The van der Waals surface area contributed by atoms with E-state index in [1.165, 1.54) is 11.1 Å². The molecule has 3 heterocycles. The Hall–Kier alpha value is -1.71. The molecule has 7 nitrogen and oxygen atoms in total. The summed E-state index contributed by atoms with van der Waals surface area (Å²) in [6.07, 6.45) is 8.32. The number of nitrogens with zero attached hydrogens (tertiary/aromatic N) is 5. The third-order valence-electron chi connectivity index (χ3n) is 4.19. The van der Waals surface area contributed by atoms with E-state index in [4.69, 9.17) is 0 Å². The Labute approximate surface area is 159 Å². The first-order valence-electron chi connectivity index (χ1n) is 7.99. The number of guanidine groups is 1. The van der Waals surface area contributed by atoms with Crippen LogP contribution < -0.4 is 10.6 Å². The van der Waals surface area contributed by atoms with E-state index in [0.717, 1.165) is 44.1 Å². The number of aliphatic imine (C=N–C) groups is 1. The summed E-state index contributed by atoms with van der Waals surface area (Å²) in [5.74, 6) is 1.91. The maximum Gasteiger partial charge on any atom is 0.191 e. The molecule has 2 aromatic rings. The number of hydrogen-bond donors (Lipinski definition) is 2. The Balaban J connectivity index is 0.00000208. The molecule has 0 aromatic carbocycles. The van der Waals surface area contributed by atoms with Gasteiger partial charge in [-0.3, -0.25) is 9.98 Å². The van der Waals surface area contributed by atoms with Gasteiger partial charge in [-0.05, 0) is 37.0 Å². The van der Waals surface area contributed by atoms with Crippen molar-refractivity contribution in [1.29, 1.82) is 0 Å². The van der Waals surface area contributed by atoms with Crippen LogP contribution >= 0.6 is 24.0 Å². The van der Waals surface area contributed by atoms with Crippen molar-refractivity contribution in [2.45, 2.75) is 38.8 Å². The van der Waals surface area contributed by atoms with Crippen LogP contribution in [0.3, 0.4) is 0 Å². The highest BCUT2D eigenvalue weighted by Crippen LogP contribution is 2.11. The first kappa shape index (κ1) is 18.6. The zero-order valence-electron chi connectivity index (χ0n) is 14.1. The molecule has 1 atom stereocenters. The molecule has 1 aliphatic heterocycles. The topological polar surface area (TPSA) is 80.0 Å². The Morgan fingerprint density at radius 2 is 2.33 bits per heavy atom. The van der Waals surface area contributed by atoms with Gasteiger partial charge in [0, 0.05) is 38.4 Å². The highest BCUT2D eigenvalue weighted by Gasteiger charge is 2.20. The van der Waals surface area contributed by atoms with Crippen molar-refractivity contribution in [3.8, 4) is 0 Å². The zero-order chi connectivity index (χ0) is 16.1. The summed E-state index contributed by atoms with van der Waals surface area (Å²) in [4.78, 5) is 12.7. The summed E-state index contributed by atoms with van der Waals surface area (Å²) in [7, 11) is 1.80. The molecule has 1 unspecified atom stereocenters. The molecule has 0 saturated heterocycles. The highest BCUT2D eigenvalue weighted by molar-refractivity contribution is 14.0. The minimum atomic E-state index is 0. The lowest BCUT2D eigenvalue weighted by Crippen LogP contribution is -2.47. The molecule has 8 heteroatoms. The van der Waals surface area contributed by atoms with Crippen LogP contribution in [0.5, 0.6) is 0 Å². The number of hydrogen-bond acceptors (Lipinski definition) is 4. The molecule has 0 radical (unpaired) electrons. The molecule has 0 bridgehead atoms. The molecule has 0 fully saturated rings. The van der Waals surface area contributed by atoms with Gasteiger partial charge in [-0.25, -0.2) is 9.67 Å². The third kappa shape index (κ3) is 4.65. The molecule has 24 heavy (non-hydrogen) atoms. The highest BCUT2D eigenvalue weighted by atomic mass is 127. The maximum atomic E-state index is 4.32. The molecule has 0 amide bonds. The number of nitrogens with one attached hydrogen (secondary N) is 2. The number of halogens is 1. The predicted octanol–water partition coefficient (Wildman–Crippen LogP) is 1.32. The van der Waals surface area contributed by atoms with Gasteiger partial charge in [0.05, 0.1) is 6.54 Å². The standard InChI is InChI=1S/C16H23N7.HI/c1-12-9-18-7-5-13(12)6-8-19-16(17-2)22-14-3-4-15-20-11-21-23(15)10-14;/h5,7,9,11,14H,3-4,6,8,10H2,1-2H3,(H2,17,19,22);1H. The summed E-state index contributed by atoms with van der Waals surface area (Å²) >= 11 is 0.